The highest BCUT2D eigenvalue weighted by Gasteiger charge is 2.43. The van der Waals surface area contributed by atoms with E-state index in [9.17, 15) is 4.79 Å². The minimum Gasteiger partial charge on any atom is -0.403 e. The molecule has 25 heavy (non-hydrogen) atoms. The Morgan fingerprint density at radius 1 is 0.880 bits per heavy atom. The minimum atomic E-state index is -1.97. The summed E-state index contributed by atoms with van der Waals surface area (Å²) in [5, 5.41) is 0.109. The van der Waals surface area contributed by atoms with Gasteiger partial charge in [-0.05, 0) is 34.8 Å². The highest BCUT2D eigenvalue weighted by Crippen LogP contribution is 2.41. The summed E-state index contributed by atoms with van der Waals surface area (Å²) in [6.45, 7) is 27.0. The normalized spacial score (nSPS) is 16.0. The average Bonchev–Trinajstić information content (AvgIpc) is 2.43. The van der Waals surface area contributed by atoms with Crippen molar-refractivity contribution in [3.8, 4) is 11.5 Å². The van der Waals surface area contributed by atoms with E-state index in [2.05, 4.69) is 86.9 Å². The van der Waals surface area contributed by atoms with Crippen molar-refractivity contribution >= 4 is 22.7 Å². The largest absolute Gasteiger partial charge is 0.403 e. The summed E-state index contributed by atoms with van der Waals surface area (Å²) in [5.74, 6) is 3.28. The fraction of sp³-hybridized carbons (Fsp3) is 0.857. The van der Waals surface area contributed by atoms with Crippen LogP contribution >= 0.6 is 0 Å². The smallest absolute Gasteiger partial charge is 0.193 e. The molecule has 0 aliphatic heterocycles. The average molecular weight is 383 g/mol. The monoisotopic (exact) mass is 382 g/mol. The first-order chi connectivity index (χ1) is 11.1. The van der Waals surface area contributed by atoms with Gasteiger partial charge in [0, 0.05) is 5.92 Å². The molecule has 0 radical (unpaired) electrons. The molecule has 0 aliphatic rings. The van der Waals surface area contributed by atoms with Crippen molar-refractivity contribution < 1.29 is 9.22 Å². The molecule has 2 atom stereocenters. The van der Waals surface area contributed by atoms with Crippen molar-refractivity contribution in [2.24, 2.45) is 5.92 Å². The lowest BCUT2D eigenvalue weighted by Crippen LogP contribution is -2.46. The van der Waals surface area contributed by atoms with Gasteiger partial charge in [-0.1, -0.05) is 75.2 Å². The maximum atomic E-state index is 11.5. The molecule has 0 fully saturated rings. The van der Waals surface area contributed by atoms with Gasteiger partial charge in [-0.15, -0.1) is 5.54 Å². The molecule has 0 N–H and O–H groups in total. The van der Waals surface area contributed by atoms with E-state index in [1.54, 1.807) is 0 Å². The van der Waals surface area contributed by atoms with E-state index >= 15 is 0 Å². The van der Waals surface area contributed by atoms with Crippen LogP contribution in [-0.4, -0.2) is 28.8 Å². The topological polar surface area (TPSA) is 26.3 Å². The molecule has 0 aliphatic carbocycles. The van der Waals surface area contributed by atoms with Crippen LogP contribution < -0.4 is 0 Å². The molecule has 0 aromatic rings. The third kappa shape index (κ3) is 5.80. The second kappa shape index (κ2) is 9.01. The van der Waals surface area contributed by atoms with Gasteiger partial charge in [-0.2, -0.15) is 0 Å². The molecule has 0 aromatic carbocycles. The summed E-state index contributed by atoms with van der Waals surface area (Å²) >= 11 is 0. The first-order valence-corrected chi connectivity index (χ1v) is 14.9. The van der Waals surface area contributed by atoms with Gasteiger partial charge in [0.15, 0.2) is 8.32 Å². The SMILES string of the molecule is CC(C)[Si](C#C[C@H](O[Si](C)(C)C(C)(C)C)[C@@H](C)C=O)(C(C)C)C(C)C. The molecule has 0 unspecified atom stereocenters. The Morgan fingerprint density at radius 3 is 1.56 bits per heavy atom. The van der Waals surface area contributed by atoms with Crippen LogP contribution in [0.15, 0.2) is 0 Å². The van der Waals surface area contributed by atoms with Crippen molar-refractivity contribution in [2.45, 2.75) is 110 Å². The third-order valence-corrected chi connectivity index (χ3v) is 17.0. The summed E-state index contributed by atoms with van der Waals surface area (Å²) in [7, 11) is -3.78. The van der Waals surface area contributed by atoms with E-state index in [0.717, 1.165) is 6.29 Å². The zero-order valence-electron chi connectivity index (χ0n) is 18.8. The van der Waals surface area contributed by atoms with E-state index in [4.69, 9.17) is 4.43 Å². The summed E-state index contributed by atoms with van der Waals surface area (Å²) in [6.07, 6.45) is 0.706. The predicted molar refractivity (Wildman–Crippen MR) is 116 cm³/mol. The Hall–Kier alpha value is -0.376. The van der Waals surface area contributed by atoms with Crippen molar-refractivity contribution in [3.05, 3.63) is 0 Å². The van der Waals surface area contributed by atoms with Crippen molar-refractivity contribution in [1.82, 2.24) is 0 Å². The fourth-order valence-electron chi connectivity index (χ4n) is 3.46. The van der Waals surface area contributed by atoms with Gasteiger partial charge in [-0.25, -0.2) is 0 Å². The highest BCUT2D eigenvalue weighted by atomic mass is 28.4. The van der Waals surface area contributed by atoms with E-state index in [1.165, 1.54) is 0 Å². The van der Waals surface area contributed by atoms with Gasteiger partial charge in [-0.3, -0.25) is 0 Å². The minimum absolute atomic E-state index is 0.109. The van der Waals surface area contributed by atoms with E-state index in [0.29, 0.717) is 16.6 Å². The molecule has 2 nitrogen and oxygen atoms in total. The number of aldehydes is 1. The highest BCUT2D eigenvalue weighted by molar-refractivity contribution is 6.90. The molecular formula is C21H42O2Si2. The molecule has 0 bridgehead atoms. The van der Waals surface area contributed by atoms with Crippen molar-refractivity contribution in [1.29, 1.82) is 0 Å². The molecule has 0 rings (SSSR count). The molecule has 0 saturated heterocycles. The number of carbonyl (C=O) groups excluding carboxylic acids is 1. The third-order valence-electron chi connectivity index (χ3n) is 6.22. The molecule has 0 saturated carbocycles. The van der Waals surface area contributed by atoms with Crippen LogP contribution in [0.1, 0.15) is 69.2 Å². The van der Waals surface area contributed by atoms with Crippen LogP contribution in [0.3, 0.4) is 0 Å². The lowest BCUT2D eigenvalue weighted by molar-refractivity contribution is -0.112. The number of hydrogen-bond donors (Lipinski definition) is 0. The Labute approximate surface area is 159 Å². The predicted octanol–water partition coefficient (Wildman–Crippen LogP) is 6.43. The molecule has 0 heterocycles. The molecule has 0 aromatic heterocycles. The Morgan fingerprint density at radius 2 is 1.28 bits per heavy atom. The first kappa shape index (κ1) is 24.6. The zero-order valence-corrected chi connectivity index (χ0v) is 20.8. The molecular weight excluding hydrogens is 340 g/mol. The van der Waals surface area contributed by atoms with Crippen LogP contribution in [0.5, 0.6) is 0 Å². The zero-order chi connectivity index (χ0) is 20.2. The van der Waals surface area contributed by atoms with Crippen LogP contribution in [-0.2, 0) is 9.22 Å². The maximum Gasteiger partial charge on any atom is 0.193 e. The molecule has 4 heteroatoms. The lowest BCUT2D eigenvalue weighted by atomic mass is 10.1. The van der Waals surface area contributed by atoms with Gasteiger partial charge in [0.25, 0.3) is 0 Å². The van der Waals surface area contributed by atoms with Gasteiger partial charge in [0.1, 0.15) is 20.5 Å². The Kier molecular flexibility index (Phi) is 8.88. The second-order valence-electron chi connectivity index (χ2n) is 9.96. The van der Waals surface area contributed by atoms with E-state index in [-0.39, 0.29) is 17.1 Å². The van der Waals surface area contributed by atoms with Gasteiger partial charge in [0.2, 0.25) is 0 Å². The van der Waals surface area contributed by atoms with E-state index < -0.39 is 16.4 Å². The van der Waals surface area contributed by atoms with Crippen molar-refractivity contribution in [2.75, 3.05) is 0 Å². The maximum absolute atomic E-state index is 11.5. The van der Waals surface area contributed by atoms with Crippen LogP contribution in [0, 0.1) is 17.4 Å². The van der Waals surface area contributed by atoms with Crippen molar-refractivity contribution in [3.63, 3.8) is 0 Å². The molecule has 0 spiro atoms. The first-order valence-electron chi connectivity index (χ1n) is 9.79. The van der Waals surface area contributed by atoms with Gasteiger partial charge in [0.05, 0.1) is 0 Å². The van der Waals surface area contributed by atoms with Crippen LogP contribution in [0.25, 0.3) is 0 Å². The van der Waals surface area contributed by atoms with Crippen LogP contribution in [0.2, 0.25) is 34.8 Å². The number of carbonyl (C=O) groups is 1. The fourth-order valence-corrected chi connectivity index (χ4v) is 9.98. The second-order valence-corrected chi connectivity index (χ2v) is 20.3. The summed E-state index contributed by atoms with van der Waals surface area (Å²) in [5.41, 5.74) is 5.50. The van der Waals surface area contributed by atoms with E-state index in [1.807, 2.05) is 6.92 Å². The Balaban J connectivity index is 5.99. The quantitative estimate of drug-likeness (QED) is 0.288. The summed E-state index contributed by atoms with van der Waals surface area (Å²) < 4.78 is 6.55. The molecule has 146 valence electrons. The standard InChI is InChI=1S/C21H42O2Si2/c1-16(2)25(17(3)4,18(5)6)14-13-20(19(7)15-22)23-24(11,12)21(8,9)10/h15-20H,1-12H3/t19-,20-/m0/s1. The number of rotatable bonds is 7. The van der Waals surface area contributed by atoms with Gasteiger partial charge < -0.3 is 9.22 Å². The summed E-state index contributed by atoms with van der Waals surface area (Å²) in [4.78, 5) is 11.5. The number of hydrogen-bond acceptors (Lipinski definition) is 2. The van der Waals surface area contributed by atoms with Crippen LogP contribution in [0.4, 0.5) is 0 Å². The van der Waals surface area contributed by atoms with Gasteiger partial charge >= 0.3 is 0 Å². The molecule has 0 amide bonds. The summed E-state index contributed by atoms with van der Waals surface area (Å²) in [6, 6.07) is 0. The lowest BCUT2D eigenvalue weighted by Gasteiger charge is -2.40. The Bertz CT molecular complexity index is 468.